The molecule has 0 aliphatic rings. The molecule has 0 saturated carbocycles. The van der Waals surface area contributed by atoms with Gasteiger partial charge in [-0.15, -0.1) is 0 Å². The van der Waals surface area contributed by atoms with Crippen LogP contribution in [0.1, 0.15) is 37.9 Å². The Kier molecular flexibility index (Phi) is 4.53. The first-order valence-corrected chi connectivity index (χ1v) is 6.29. The first-order chi connectivity index (χ1) is 7.35. The van der Waals surface area contributed by atoms with E-state index in [1.165, 1.54) is 11.1 Å². The van der Waals surface area contributed by atoms with Crippen molar-refractivity contribution in [2.45, 2.75) is 39.3 Å². The molecule has 0 bridgehead atoms. The van der Waals surface area contributed by atoms with Crippen LogP contribution in [0.4, 0.5) is 0 Å². The lowest BCUT2D eigenvalue weighted by molar-refractivity contribution is 0.178. The minimum atomic E-state index is -0.250. The van der Waals surface area contributed by atoms with Gasteiger partial charge in [-0.1, -0.05) is 28.1 Å². The van der Waals surface area contributed by atoms with Crippen molar-refractivity contribution in [1.29, 1.82) is 0 Å². The fourth-order valence-corrected chi connectivity index (χ4v) is 1.90. The van der Waals surface area contributed by atoms with Crippen LogP contribution < -0.4 is 5.32 Å². The van der Waals surface area contributed by atoms with Crippen molar-refractivity contribution in [3.8, 4) is 0 Å². The average Bonchev–Trinajstić information content (AvgIpc) is 2.21. The quantitative estimate of drug-likeness (QED) is 0.891. The van der Waals surface area contributed by atoms with Gasteiger partial charge in [-0.05, 0) is 44.9 Å². The zero-order valence-electron chi connectivity index (χ0n) is 10.3. The first-order valence-electron chi connectivity index (χ1n) is 5.50. The Morgan fingerprint density at radius 3 is 2.56 bits per heavy atom. The molecule has 1 rings (SSSR count). The van der Waals surface area contributed by atoms with Crippen LogP contribution in [-0.2, 0) is 0 Å². The Morgan fingerprint density at radius 1 is 1.44 bits per heavy atom. The molecule has 0 spiro atoms. The first kappa shape index (κ1) is 13.7. The number of nitrogens with one attached hydrogen (secondary N) is 1. The van der Waals surface area contributed by atoms with E-state index in [0.717, 1.165) is 4.47 Å². The maximum Gasteiger partial charge on any atom is 0.0608 e. The summed E-state index contributed by atoms with van der Waals surface area (Å²) in [6.07, 6.45) is 0. The molecule has 16 heavy (non-hydrogen) atoms. The van der Waals surface area contributed by atoms with Crippen LogP contribution in [0.5, 0.6) is 0 Å². The van der Waals surface area contributed by atoms with Crippen LogP contribution in [0.3, 0.4) is 0 Å². The molecule has 1 atom stereocenters. The van der Waals surface area contributed by atoms with E-state index in [0.29, 0.717) is 0 Å². The van der Waals surface area contributed by atoms with Gasteiger partial charge >= 0.3 is 0 Å². The molecule has 0 aromatic heterocycles. The Bertz CT molecular complexity index is 363. The third-order valence-electron chi connectivity index (χ3n) is 2.68. The van der Waals surface area contributed by atoms with E-state index < -0.39 is 0 Å². The highest BCUT2D eigenvalue weighted by Crippen LogP contribution is 2.22. The van der Waals surface area contributed by atoms with Crippen molar-refractivity contribution in [1.82, 2.24) is 5.32 Å². The predicted molar refractivity (Wildman–Crippen MR) is 71.6 cm³/mol. The normalized spacial score (nSPS) is 13.9. The maximum atomic E-state index is 9.22. The molecule has 0 heterocycles. The molecule has 0 amide bonds. The number of aliphatic hydroxyl groups is 1. The summed E-state index contributed by atoms with van der Waals surface area (Å²) < 4.78 is 1.13. The molecule has 1 aromatic carbocycles. The average molecular weight is 286 g/mol. The maximum absolute atomic E-state index is 9.22. The minimum absolute atomic E-state index is 0.132. The summed E-state index contributed by atoms with van der Waals surface area (Å²) in [6.45, 7) is 8.31. The summed E-state index contributed by atoms with van der Waals surface area (Å²) >= 11 is 3.49. The largest absolute Gasteiger partial charge is 0.394 e. The van der Waals surface area contributed by atoms with Crippen molar-refractivity contribution in [3.63, 3.8) is 0 Å². The molecule has 1 unspecified atom stereocenters. The second kappa shape index (κ2) is 5.30. The summed E-state index contributed by atoms with van der Waals surface area (Å²) in [6, 6.07) is 6.56. The fourth-order valence-electron chi connectivity index (χ4n) is 1.65. The number of aliphatic hydroxyl groups excluding tert-OH is 1. The van der Waals surface area contributed by atoms with Gasteiger partial charge in [0.05, 0.1) is 6.61 Å². The van der Waals surface area contributed by atoms with Gasteiger partial charge in [0.15, 0.2) is 0 Å². The van der Waals surface area contributed by atoms with Crippen LogP contribution in [0.15, 0.2) is 22.7 Å². The minimum Gasteiger partial charge on any atom is -0.394 e. The van der Waals surface area contributed by atoms with E-state index in [1.807, 2.05) is 13.8 Å². The Hall–Kier alpha value is -0.380. The standard InChI is InChI=1S/C13H20BrNO/c1-9-7-11(5-6-12(9)14)10(2)15-13(3,4)8-16/h5-7,10,15-16H,8H2,1-4H3. The zero-order valence-corrected chi connectivity index (χ0v) is 11.9. The lowest BCUT2D eigenvalue weighted by Gasteiger charge is -2.28. The molecule has 90 valence electrons. The highest BCUT2D eigenvalue weighted by molar-refractivity contribution is 9.10. The molecular weight excluding hydrogens is 266 g/mol. The highest BCUT2D eigenvalue weighted by Gasteiger charge is 2.19. The van der Waals surface area contributed by atoms with Crippen LogP contribution in [0, 0.1) is 6.92 Å². The van der Waals surface area contributed by atoms with Crippen LogP contribution in [0.25, 0.3) is 0 Å². The van der Waals surface area contributed by atoms with E-state index in [9.17, 15) is 5.11 Å². The molecular formula is C13H20BrNO. The number of hydrogen-bond acceptors (Lipinski definition) is 2. The molecule has 0 saturated heterocycles. The van der Waals surface area contributed by atoms with Crippen molar-refractivity contribution in [2.75, 3.05) is 6.61 Å². The van der Waals surface area contributed by atoms with Gasteiger partial charge in [-0.2, -0.15) is 0 Å². The number of hydrogen-bond donors (Lipinski definition) is 2. The molecule has 0 radical (unpaired) electrons. The lowest BCUT2D eigenvalue weighted by Crippen LogP contribution is -2.43. The van der Waals surface area contributed by atoms with Crippen molar-refractivity contribution in [2.24, 2.45) is 0 Å². The van der Waals surface area contributed by atoms with Crippen molar-refractivity contribution in [3.05, 3.63) is 33.8 Å². The van der Waals surface area contributed by atoms with Crippen molar-refractivity contribution < 1.29 is 5.11 Å². The fraction of sp³-hybridized carbons (Fsp3) is 0.538. The number of rotatable bonds is 4. The van der Waals surface area contributed by atoms with Gasteiger partial charge in [0.1, 0.15) is 0 Å². The van der Waals surface area contributed by atoms with Crippen molar-refractivity contribution >= 4 is 15.9 Å². The van der Waals surface area contributed by atoms with E-state index in [-0.39, 0.29) is 18.2 Å². The Morgan fingerprint density at radius 2 is 2.06 bits per heavy atom. The molecule has 0 aliphatic heterocycles. The van der Waals surface area contributed by atoms with Gasteiger partial charge < -0.3 is 10.4 Å². The van der Waals surface area contributed by atoms with Gasteiger partial charge in [0.25, 0.3) is 0 Å². The van der Waals surface area contributed by atoms with E-state index in [1.54, 1.807) is 0 Å². The summed E-state index contributed by atoms with van der Waals surface area (Å²) in [5, 5.41) is 12.6. The number of benzene rings is 1. The van der Waals surface area contributed by atoms with Gasteiger partial charge in [0.2, 0.25) is 0 Å². The molecule has 2 N–H and O–H groups in total. The lowest BCUT2D eigenvalue weighted by atomic mass is 10.0. The summed E-state index contributed by atoms with van der Waals surface area (Å²) in [4.78, 5) is 0. The summed E-state index contributed by atoms with van der Waals surface area (Å²) in [5.41, 5.74) is 2.22. The van der Waals surface area contributed by atoms with Gasteiger partial charge in [0, 0.05) is 16.1 Å². The Labute approximate surface area is 106 Å². The van der Waals surface area contributed by atoms with Crippen LogP contribution in [-0.4, -0.2) is 17.3 Å². The predicted octanol–water partition coefficient (Wildman–Crippen LogP) is 3.18. The SMILES string of the molecule is Cc1cc(C(C)NC(C)(C)CO)ccc1Br. The smallest absolute Gasteiger partial charge is 0.0608 e. The molecule has 0 aliphatic carbocycles. The summed E-state index contributed by atoms with van der Waals surface area (Å²) in [7, 11) is 0. The molecule has 0 fully saturated rings. The number of halogens is 1. The van der Waals surface area contributed by atoms with Crippen LogP contribution in [0.2, 0.25) is 0 Å². The zero-order chi connectivity index (χ0) is 12.3. The van der Waals surface area contributed by atoms with Crippen LogP contribution >= 0.6 is 15.9 Å². The van der Waals surface area contributed by atoms with E-state index in [2.05, 4.69) is 53.3 Å². The number of aryl methyl sites for hydroxylation is 1. The monoisotopic (exact) mass is 285 g/mol. The summed E-state index contributed by atoms with van der Waals surface area (Å²) in [5.74, 6) is 0. The third-order valence-corrected chi connectivity index (χ3v) is 3.57. The third kappa shape index (κ3) is 3.58. The van der Waals surface area contributed by atoms with Gasteiger partial charge in [-0.25, -0.2) is 0 Å². The van der Waals surface area contributed by atoms with Gasteiger partial charge in [-0.3, -0.25) is 0 Å². The molecule has 2 nitrogen and oxygen atoms in total. The second-order valence-corrected chi connectivity index (χ2v) is 5.77. The molecule has 1 aromatic rings. The Balaban J connectivity index is 2.81. The topological polar surface area (TPSA) is 32.3 Å². The second-order valence-electron chi connectivity index (χ2n) is 4.92. The molecule has 3 heteroatoms. The highest BCUT2D eigenvalue weighted by atomic mass is 79.9. The van der Waals surface area contributed by atoms with E-state index >= 15 is 0 Å². The van der Waals surface area contributed by atoms with E-state index in [4.69, 9.17) is 0 Å².